The van der Waals surface area contributed by atoms with E-state index in [0.717, 1.165) is 50.4 Å². The Morgan fingerprint density at radius 1 is 1.39 bits per heavy atom. The zero-order valence-electron chi connectivity index (χ0n) is 10.8. The molecular formula is C14H21N3O. The summed E-state index contributed by atoms with van der Waals surface area (Å²) in [7, 11) is 0. The molecule has 0 aliphatic carbocycles. The van der Waals surface area contributed by atoms with Crippen LogP contribution in [0.15, 0.2) is 10.9 Å². The van der Waals surface area contributed by atoms with E-state index < -0.39 is 0 Å². The van der Waals surface area contributed by atoms with E-state index in [1.165, 1.54) is 19.3 Å². The Bertz CT molecular complexity index is 474. The van der Waals surface area contributed by atoms with E-state index in [-0.39, 0.29) is 5.56 Å². The lowest BCUT2D eigenvalue weighted by Gasteiger charge is -2.23. The van der Waals surface area contributed by atoms with Crippen molar-refractivity contribution < 1.29 is 0 Å². The second-order valence-electron chi connectivity index (χ2n) is 5.53. The summed E-state index contributed by atoms with van der Waals surface area (Å²) in [4.78, 5) is 16.7. The van der Waals surface area contributed by atoms with Crippen LogP contribution in [0, 0.1) is 5.92 Å². The summed E-state index contributed by atoms with van der Waals surface area (Å²) in [6.07, 6.45) is 6.70. The van der Waals surface area contributed by atoms with Crippen molar-refractivity contribution in [3.05, 3.63) is 27.9 Å². The average molecular weight is 247 g/mol. The number of aromatic nitrogens is 2. The summed E-state index contributed by atoms with van der Waals surface area (Å²) in [5, 5.41) is 3.42. The first kappa shape index (κ1) is 11.9. The van der Waals surface area contributed by atoms with Crippen molar-refractivity contribution in [1.82, 2.24) is 14.9 Å². The van der Waals surface area contributed by atoms with Crippen LogP contribution in [-0.4, -0.2) is 22.6 Å². The fraction of sp³-hybridized carbons (Fsp3) is 0.714. The monoisotopic (exact) mass is 247 g/mol. The zero-order valence-corrected chi connectivity index (χ0v) is 10.8. The summed E-state index contributed by atoms with van der Waals surface area (Å²) >= 11 is 0. The van der Waals surface area contributed by atoms with Crippen LogP contribution in [0.3, 0.4) is 0 Å². The Morgan fingerprint density at radius 3 is 3.17 bits per heavy atom. The molecule has 3 rings (SSSR count). The number of aryl methyl sites for hydroxylation is 1. The molecule has 18 heavy (non-hydrogen) atoms. The molecule has 1 saturated heterocycles. The number of rotatable bonds is 2. The summed E-state index contributed by atoms with van der Waals surface area (Å²) in [5.41, 5.74) is 1.15. The molecule has 98 valence electrons. The molecule has 1 N–H and O–H groups in total. The van der Waals surface area contributed by atoms with Gasteiger partial charge in [-0.25, -0.2) is 4.98 Å². The van der Waals surface area contributed by atoms with E-state index in [9.17, 15) is 4.79 Å². The average Bonchev–Trinajstić information content (AvgIpc) is 2.40. The van der Waals surface area contributed by atoms with Crippen molar-refractivity contribution >= 4 is 0 Å². The zero-order chi connectivity index (χ0) is 12.4. The molecule has 0 bridgehead atoms. The van der Waals surface area contributed by atoms with E-state index in [1.807, 2.05) is 4.57 Å². The fourth-order valence-corrected chi connectivity index (χ4v) is 3.09. The van der Waals surface area contributed by atoms with Crippen LogP contribution in [0.1, 0.15) is 37.2 Å². The molecule has 1 unspecified atom stereocenters. The van der Waals surface area contributed by atoms with Gasteiger partial charge in [-0.1, -0.05) is 0 Å². The van der Waals surface area contributed by atoms with E-state index >= 15 is 0 Å². The highest BCUT2D eigenvalue weighted by molar-refractivity contribution is 5.07. The minimum atomic E-state index is 0.151. The van der Waals surface area contributed by atoms with Gasteiger partial charge in [0.25, 0.3) is 5.56 Å². The molecule has 0 saturated carbocycles. The second-order valence-corrected chi connectivity index (χ2v) is 5.53. The van der Waals surface area contributed by atoms with Gasteiger partial charge in [-0.2, -0.15) is 0 Å². The van der Waals surface area contributed by atoms with Gasteiger partial charge in [0.2, 0.25) is 0 Å². The highest BCUT2D eigenvalue weighted by atomic mass is 16.1. The number of piperidine rings is 1. The normalized spacial score (nSPS) is 23.7. The first-order chi connectivity index (χ1) is 8.83. The quantitative estimate of drug-likeness (QED) is 0.852. The van der Waals surface area contributed by atoms with Crippen LogP contribution in [0.25, 0.3) is 0 Å². The lowest BCUT2D eigenvalue weighted by atomic mass is 9.94. The minimum Gasteiger partial charge on any atom is -0.316 e. The van der Waals surface area contributed by atoms with Gasteiger partial charge in [0, 0.05) is 24.7 Å². The SMILES string of the molecule is O=c1cc(CC2CCCNC2)nc2n1CCCC2. The second kappa shape index (κ2) is 5.22. The Kier molecular flexibility index (Phi) is 3.46. The van der Waals surface area contributed by atoms with Crippen molar-refractivity contribution in [2.45, 2.75) is 45.1 Å². The number of nitrogens with zero attached hydrogens (tertiary/aromatic N) is 2. The van der Waals surface area contributed by atoms with Gasteiger partial charge < -0.3 is 5.32 Å². The van der Waals surface area contributed by atoms with Gasteiger partial charge in [0.1, 0.15) is 5.82 Å². The standard InChI is InChI=1S/C14H21N3O/c18-14-9-12(8-11-4-3-6-15-10-11)16-13-5-1-2-7-17(13)14/h9,11,15H,1-8,10H2. The third-order valence-corrected chi connectivity index (χ3v) is 4.07. The number of hydrogen-bond acceptors (Lipinski definition) is 3. The van der Waals surface area contributed by atoms with Crippen LogP contribution in [0.2, 0.25) is 0 Å². The lowest BCUT2D eigenvalue weighted by molar-refractivity contribution is 0.371. The van der Waals surface area contributed by atoms with Gasteiger partial charge in [0.05, 0.1) is 0 Å². The number of hydrogen-bond donors (Lipinski definition) is 1. The van der Waals surface area contributed by atoms with Crippen LogP contribution in [-0.2, 0) is 19.4 Å². The van der Waals surface area contributed by atoms with Gasteiger partial charge in [-0.3, -0.25) is 9.36 Å². The summed E-state index contributed by atoms with van der Waals surface area (Å²) in [5.74, 6) is 1.66. The Morgan fingerprint density at radius 2 is 2.33 bits per heavy atom. The maximum Gasteiger partial charge on any atom is 0.253 e. The molecule has 4 heteroatoms. The summed E-state index contributed by atoms with van der Waals surface area (Å²) in [6.45, 7) is 3.06. The third-order valence-electron chi connectivity index (χ3n) is 4.07. The van der Waals surface area contributed by atoms with E-state index in [0.29, 0.717) is 5.92 Å². The molecule has 0 aromatic carbocycles. The Labute approximate surface area is 107 Å². The molecule has 1 aromatic rings. The first-order valence-corrected chi connectivity index (χ1v) is 7.13. The maximum atomic E-state index is 12.0. The van der Waals surface area contributed by atoms with Crippen molar-refractivity contribution in [1.29, 1.82) is 0 Å². The third kappa shape index (κ3) is 2.48. The maximum absolute atomic E-state index is 12.0. The smallest absolute Gasteiger partial charge is 0.253 e. The fourth-order valence-electron chi connectivity index (χ4n) is 3.09. The predicted octanol–water partition coefficient (Wildman–Crippen LogP) is 1.12. The van der Waals surface area contributed by atoms with Crippen LogP contribution in [0.5, 0.6) is 0 Å². The van der Waals surface area contributed by atoms with E-state index in [2.05, 4.69) is 5.32 Å². The van der Waals surface area contributed by atoms with Crippen molar-refractivity contribution in [2.24, 2.45) is 5.92 Å². The molecule has 1 atom stereocenters. The summed E-state index contributed by atoms with van der Waals surface area (Å²) in [6, 6.07) is 1.75. The van der Waals surface area contributed by atoms with Gasteiger partial charge >= 0.3 is 0 Å². The molecule has 1 fully saturated rings. The van der Waals surface area contributed by atoms with Crippen molar-refractivity contribution in [3.8, 4) is 0 Å². The van der Waals surface area contributed by atoms with E-state index in [1.54, 1.807) is 6.07 Å². The first-order valence-electron chi connectivity index (χ1n) is 7.13. The molecule has 0 radical (unpaired) electrons. The van der Waals surface area contributed by atoms with Crippen molar-refractivity contribution in [2.75, 3.05) is 13.1 Å². The highest BCUT2D eigenvalue weighted by Gasteiger charge is 2.17. The van der Waals surface area contributed by atoms with E-state index in [4.69, 9.17) is 4.98 Å². The molecule has 2 aliphatic rings. The minimum absolute atomic E-state index is 0.151. The Hall–Kier alpha value is -1.16. The highest BCUT2D eigenvalue weighted by Crippen LogP contribution is 2.16. The summed E-state index contributed by atoms with van der Waals surface area (Å²) < 4.78 is 1.85. The van der Waals surface area contributed by atoms with Gasteiger partial charge in [-0.15, -0.1) is 0 Å². The van der Waals surface area contributed by atoms with Gasteiger partial charge in [-0.05, 0) is 51.1 Å². The molecule has 2 aliphatic heterocycles. The molecular weight excluding hydrogens is 226 g/mol. The number of nitrogens with one attached hydrogen (secondary N) is 1. The molecule has 1 aromatic heterocycles. The molecule has 0 spiro atoms. The van der Waals surface area contributed by atoms with Crippen LogP contribution < -0.4 is 10.9 Å². The lowest BCUT2D eigenvalue weighted by Crippen LogP contribution is -2.32. The Balaban J connectivity index is 1.80. The topological polar surface area (TPSA) is 46.9 Å². The van der Waals surface area contributed by atoms with Crippen LogP contribution >= 0.6 is 0 Å². The van der Waals surface area contributed by atoms with Crippen molar-refractivity contribution in [3.63, 3.8) is 0 Å². The molecule has 4 nitrogen and oxygen atoms in total. The van der Waals surface area contributed by atoms with Crippen LogP contribution in [0.4, 0.5) is 0 Å². The number of fused-ring (bicyclic) bond motifs is 1. The van der Waals surface area contributed by atoms with Gasteiger partial charge in [0.15, 0.2) is 0 Å². The molecule has 0 amide bonds. The largest absolute Gasteiger partial charge is 0.316 e. The molecule has 3 heterocycles. The predicted molar refractivity (Wildman–Crippen MR) is 70.7 cm³/mol.